The fourth-order valence-corrected chi connectivity index (χ4v) is 2.60. The third-order valence-electron chi connectivity index (χ3n) is 2.53. The maximum Gasteiger partial charge on any atom is 0.257 e. The van der Waals surface area contributed by atoms with Crippen molar-refractivity contribution in [2.24, 2.45) is 0 Å². The molecular formula is C12H19N3O4S. The molecule has 1 amide bonds. The molecule has 0 aromatic heterocycles. The number of nitrogens with one attached hydrogen (secondary N) is 2. The molecule has 0 aliphatic rings. The maximum atomic E-state index is 12.0. The van der Waals surface area contributed by atoms with Crippen molar-refractivity contribution < 1.29 is 17.9 Å². The van der Waals surface area contributed by atoms with Crippen molar-refractivity contribution in [3.63, 3.8) is 0 Å². The topological polar surface area (TPSA) is 111 Å². The van der Waals surface area contributed by atoms with Crippen molar-refractivity contribution in [1.82, 2.24) is 10.0 Å². The van der Waals surface area contributed by atoms with E-state index < -0.39 is 15.9 Å². The summed E-state index contributed by atoms with van der Waals surface area (Å²) >= 11 is 0. The Bertz CT molecular complexity index is 572. The van der Waals surface area contributed by atoms with Crippen LogP contribution < -0.4 is 20.5 Å². The second-order valence-corrected chi connectivity index (χ2v) is 5.92. The SMILES string of the molecule is CCNS(=O)(=O)CCNC(=O)c1c(N)cccc1OC. The lowest BCUT2D eigenvalue weighted by molar-refractivity contribution is 0.0954. The molecule has 1 aromatic rings. The molecule has 0 atom stereocenters. The smallest absolute Gasteiger partial charge is 0.257 e. The van der Waals surface area contributed by atoms with E-state index in [0.29, 0.717) is 12.3 Å². The molecule has 1 aromatic carbocycles. The summed E-state index contributed by atoms with van der Waals surface area (Å²) in [6.07, 6.45) is 0. The number of amides is 1. The number of methoxy groups -OCH3 is 1. The number of nitrogens with two attached hydrogens (primary N) is 1. The van der Waals surface area contributed by atoms with Gasteiger partial charge in [0.2, 0.25) is 10.0 Å². The Hall–Kier alpha value is -1.80. The van der Waals surface area contributed by atoms with Crippen molar-refractivity contribution >= 4 is 21.6 Å². The van der Waals surface area contributed by atoms with Crippen LogP contribution in [0.3, 0.4) is 0 Å². The Kier molecular flexibility index (Phi) is 5.78. The lowest BCUT2D eigenvalue weighted by Crippen LogP contribution is -2.34. The molecule has 20 heavy (non-hydrogen) atoms. The Morgan fingerprint density at radius 3 is 2.70 bits per heavy atom. The molecule has 0 bridgehead atoms. The number of carbonyl (C=O) groups excluding carboxylic acids is 1. The largest absolute Gasteiger partial charge is 0.496 e. The number of nitrogen functional groups attached to an aromatic ring is 1. The first-order valence-electron chi connectivity index (χ1n) is 6.09. The summed E-state index contributed by atoms with van der Waals surface area (Å²) < 4.78 is 30.3. The predicted molar refractivity (Wildman–Crippen MR) is 77.2 cm³/mol. The van der Waals surface area contributed by atoms with E-state index in [-0.39, 0.29) is 23.5 Å². The number of ether oxygens (including phenoxy) is 1. The van der Waals surface area contributed by atoms with Gasteiger partial charge in [-0.05, 0) is 12.1 Å². The molecule has 0 fully saturated rings. The molecule has 0 saturated carbocycles. The van der Waals surface area contributed by atoms with Gasteiger partial charge in [0.25, 0.3) is 5.91 Å². The summed E-state index contributed by atoms with van der Waals surface area (Å²) in [4.78, 5) is 12.0. The third kappa shape index (κ3) is 4.39. The van der Waals surface area contributed by atoms with Gasteiger partial charge in [-0.2, -0.15) is 0 Å². The second kappa shape index (κ2) is 7.11. The molecule has 112 valence electrons. The quantitative estimate of drug-likeness (QED) is 0.611. The number of sulfonamides is 1. The van der Waals surface area contributed by atoms with Gasteiger partial charge in [-0.25, -0.2) is 13.1 Å². The van der Waals surface area contributed by atoms with Crippen LogP contribution in [0.5, 0.6) is 5.75 Å². The van der Waals surface area contributed by atoms with Crippen molar-refractivity contribution in [3.8, 4) is 5.75 Å². The van der Waals surface area contributed by atoms with E-state index in [9.17, 15) is 13.2 Å². The van der Waals surface area contributed by atoms with Gasteiger partial charge in [0, 0.05) is 18.8 Å². The number of rotatable bonds is 7. The maximum absolute atomic E-state index is 12.0. The van der Waals surface area contributed by atoms with E-state index in [0.717, 1.165) is 0 Å². The minimum Gasteiger partial charge on any atom is -0.496 e. The predicted octanol–water partition coefficient (Wildman–Crippen LogP) is -0.0535. The van der Waals surface area contributed by atoms with Crippen LogP contribution in [0.1, 0.15) is 17.3 Å². The van der Waals surface area contributed by atoms with Gasteiger partial charge in [-0.3, -0.25) is 4.79 Å². The highest BCUT2D eigenvalue weighted by Crippen LogP contribution is 2.23. The van der Waals surface area contributed by atoms with E-state index >= 15 is 0 Å². The Morgan fingerprint density at radius 2 is 2.10 bits per heavy atom. The van der Waals surface area contributed by atoms with Crippen LogP contribution in [0.4, 0.5) is 5.69 Å². The Balaban J connectivity index is 2.69. The number of benzene rings is 1. The van der Waals surface area contributed by atoms with Gasteiger partial charge in [0.05, 0.1) is 12.9 Å². The average Bonchev–Trinajstić information content (AvgIpc) is 2.37. The highest BCUT2D eigenvalue weighted by atomic mass is 32.2. The zero-order valence-corrected chi connectivity index (χ0v) is 12.3. The summed E-state index contributed by atoms with van der Waals surface area (Å²) in [5, 5.41) is 2.51. The van der Waals surface area contributed by atoms with Gasteiger partial charge in [0.15, 0.2) is 0 Å². The minimum absolute atomic E-state index is 0.00828. The molecule has 0 aliphatic heterocycles. The van der Waals surface area contributed by atoms with Crippen LogP contribution >= 0.6 is 0 Å². The lowest BCUT2D eigenvalue weighted by Gasteiger charge is -2.11. The zero-order chi connectivity index (χ0) is 15.2. The van der Waals surface area contributed by atoms with Crippen LogP contribution in [-0.2, 0) is 10.0 Å². The van der Waals surface area contributed by atoms with E-state index in [2.05, 4.69) is 10.0 Å². The van der Waals surface area contributed by atoms with Gasteiger partial charge in [-0.15, -0.1) is 0 Å². The van der Waals surface area contributed by atoms with Gasteiger partial charge in [0.1, 0.15) is 11.3 Å². The standard InChI is InChI=1S/C12H19N3O4S/c1-3-15-20(17,18)8-7-14-12(16)11-9(13)5-4-6-10(11)19-2/h4-6,15H,3,7-8,13H2,1-2H3,(H,14,16). The van der Waals surface area contributed by atoms with Gasteiger partial charge in [-0.1, -0.05) is 13.0 Å². The number of hydrogen-bond acceptors (Lipinski definition) is 5. The van der Waals surface area contributed by atoms with Crippen LogP contribution in [-0.4, -0.2) is 40.3 Å². The first kappa shape index (κ1) is 16.3. The molecule has 4 N–H and O–H groups in total. The van der Waals surface area contributed by atoms with Gasteiger partial charge >= 0.3 is 0 Å². The van der Waals surface area contributed by atoms with Crippen LogP contribution in [0.25, 0.3) is 0 Å². The molecule has 0 radical (unpaired) electrons. The molecule has 1 rings (SSSR count). The molecule has 0 aliphatic carbocycles. The Morgan fingerprint density at radius 1 is 1.40 bits per heavy atom. The normalized spacial score (nSPS) is 11.1. The van der Waals surface area contributed by atoms with E-state index in [1.807, 2.05) is 0 Å². The first-order valence-corrected chi connectivity index (χ1v) is 7.74. The summed E-state index contributed by atoms with van der Waals surface area (Å²) in [7, 11) is -1.93. The lowest BCUT2D eigenvalue weighted by atomic mass is 10.1. The van der Waals surface area contributed by atoms with Crippen molar-refractivity contribution in [1.29, 1.82) is 0 Å². The van der Waals surface area contributed by atoms with Crippen molar-refractivity contribution in [2.75, 3.05) is 31.7 Å². The van der Waals surface area contributed by atoms with Crippen molar-refractivity contribution in [2.45, 2.75) is 6.92 Å². The monoisotopic (exact) mass is 301 g/mol. The van der Waals surface area contributed by atoms with Crippen LogP contribution in [0.15, 0.2) is 18.2 Å². The number of hydrogen-bond donors (Lipinski definition) is 3. The van der Waals surface area contributed by atoms with Crippen molar-refractivity contribution in [3.05, 3.63) is 23.8 Å². The van der Waals surface area contributed by atoms with Gasteiger partial charge < -0.3 is 15.8 Å². The Labute approximate surface area is 118 Å². The average molecular weight is 301 g/mol. The number of carbonyl (C=O) groups is 1. The third-order valence-corrected chi connectivity index (χ3v) is 4.00. The van der Waals surface area contributed by atoms with Crippen LogP contribution in [0.2, 0.25) is 0 Å². The first-order chi connectivity index (χ1) is 9.41. The summed E-state index contributed by atoms with van der Waals surface area (Å²) in [5.74, 6) is -0.314. The summed E-state index contributed by atoms with van der Waals surface area (Å²) in [6, 6.07) is 4.86. The van der Waals surface area contributed by atoms with E-state index in [1.54, 1.807) is 25.1 Å². The molecule has 0 spiro atoms. The fraction of sp³-hybridized carbons (Fsp3) is 0.417. The van der Waals surface area contributed by atoms with E-state index in [1.165, 1.54) is 7.11 Å². The molecular weight excluding hydrogens is 282 g/mol. The van der Waals surface area contributed by atoms with Crippen LogP contribution in [0, 0.1) is 0 Å². The molecule has 8 heteroatoms. The zero-order valence-electron chi connectivity index (χ0n) is 11.5. The summed E-state index contributed by atoms with van der Waals surface area (Å²) in [6.45, 7) is 1.99. The second-order valence-electron chi connectivity index (χ2n) is 4.00. The molecule has 0 unspecified atom stereocenters. The molecule has 0 heterocycles. The molecule has 7 nitrogen and oxygen atoms in total. The number of anilines is 1. The minimum atomic E-state index is -3.36. The highest BCUT2D eigenvalue weighted by molar-refractivity contribution is 7.89. The van der Waals surface area contributed by atoms with E-state index in [4.69, 9.17) is 10.5 Å². The summed E-state index contributed by atoms with van der Waals surface area (Å²) in [5.41, 5.74) is 6.21. The fourth-order valence-electron chi connectivity index (χ4n) is 1.64. The molecule has 0 saturated heterocycles. The highest BCUT2D eigenvalue weighted by Gasteiger charge is 2.16.